The van der Waals surface area contributed by atoms with Gasteiger partial charge < -0.3 is 23.7 Å². The number of epoxide rings is 1. The van der Waals surface area contributed by atoms with Gasteiger partial charge in [-0.3, -0.25) is 0 Å². The molecule has 0 amide bonds. The molecule has 140 valence electrons. The van der Waals surface area contributed by atoms with Crippen LogP contribution in [0.5, 0.6) is 0 Å². The molecule has 0 radical (unpaired) electrons. The first-order valence-electron chi connectivity index (χ1n) is 8.96. The first-order valence-corrected chi connectivity index (χ1v) is 12.4. The molecule has 2 fully saturated rings. The predicted molar refractivity (Wildman–Crippen MR) is 97.8 cm³/mol. The average molecular weight is 367 g/mol. The van der Waals surface area contributed by atoms with Gasteiger partial charge in [0.1, 0.15) is 11.2 Å². The zero-order valence-electron chi connectivity index (χ0n) is 15.8. The summed E-state index contributed by atoms with van der Waals surface area (Å²) in [6, 6.07) is 9.96. The van der Waals surface area contributed by atoms with Gasteiger partial charge in [-0.15, -0.1) is 0 Å². The van der Waals surface area contributed by atoms with Crippen LogP contribution in [-0.2, 0) is 18.6 Å². The molecule has 1 N–H and O–H groups in total. The fraction of sp³-hybridized carbons (Fsp3) is 0.684. The molecule has 5 nitrogen and oxygen atoms in total. The van der Waals surface area contributed by atoms with Gasteiger partial charge in [-0.2, -0.15) is 0 Å². The first-order chi connectivity index (χ1) is 11.7. The van der Waals surface area contributed by atoms with Crippen molar-refractivity contribution in [2.24, 2.45) is 0 Å². The molecule has 5 atom stereocenters. The molecular weight excluding hydrogens is 336 g/mol. The van der Waals surface area contributed by atoms with Gasteiger partial charge in [0.2, 0.25) is 0 Å². The van der Waals surface area contributed by atoms with Crippen LogP contribution in [0.3, 0.4) is 0 Å². The van der Waals surface area contributed by atoms with Gasteiger partial charge in [0.25, 0.3) is 0 Å². The Morgan fingerprint density at radius 1 is 1.16 bits per heavy atom. The summed E-state index contributed by atoms with van der Waals surface area (Å²) in [4.78, 5) is 0. The summed E-state index contributed by atoms with van der Waals surface area (Å²) in [7, 11) is -1.78. The van der Waals surface area contributed by atoms with E-state index in [0.29, 0.717) is 13.0 Å². The second kappa shape index (κ2) is 6.76. The van der Waals surface area contributed by atoms with E-state index in [1.807, 2.05) is 37.3 Å². The standard InChI is InChI=1S/C19H30O5Si/c1-18(12-20)16(23-18)11-15-19(2,24-25(3,4)5)13-21-17(22-15)14-9-7-6-8-10-14/h6-10,15-17,20H,11-13H2,1-5H3/t15-,16+,17+,18+,19+/m0/s1. The third kappa shape index (κ3) is 4.32. The van der Waals surface area contributed by atoms with Crippen LogP contribution in [0.25, 0.3) is 0 Å². The summed E-state index contributed by atoms with van der Waals surface area (Å²) in [5, 5.41) is 9.50. The van der Waals surface area contributed by atoms with Crippen LogP contribution in [0, 0.1) is 0 Å². The minimum atomic E-state index is -1.78. The molecule has 0 aliphatic carbocycles. The van der Waals surface area contributed by atoms with Crippen LogP contribution in [-0.4, -0.2) is 50.0 Å². The van der Waals surface area contributed by atoms with Crippen molar-refractivity contribution < 1.29 is 23.7 Å². The van der Waals surface area contributed by atoms with Gasteiger partial charge in [-0.25, -0.2) is 0 Å². The summed E-state index contributed by atoms with van der Waals surface area (Å²) in [6.07, 6.45) is 0.117. The van der Waals surface area contributed by atoms with Crippen molar-refractivity contribution in [1.29, 1.82) is 0 Å². The van der Waals surface area contributed by atoms with Crippen molar-refractivity contribution in [1.82, 2.24) is 0 Å². The van der Waals surface area contributed by atoms with E-state index in [2.05, 4.69) is 26.6 Å². The van der Waals surface area contributed by atoms with E-state index >= 15 is 0 Å². The third-order valence-electron chi connectivity index (χ3n) is 4.88. The van der Waals surface area contributed by atoms with Gasteiger partial charge in [0.15, 0.2) is 14.6 Å². The topological polar surface area (TPSA) is 60.5 Å². The molecule has 0 spiro atoms. The summed E-state index contributed by atoms with van der Waals surface area (Å²) < 4.78 is 24.5. The highest BCUT2D eigenvalue weighted by molar-refractivity contribution is 6.69. The van der Waals surface area contributed by atoms with E-state index in [4.69, 9.17) is 18.6 Å². The minimum Gasteiger partial charge on any atom is -0.407 e. The molecule has 2 saturated heterocycles. The lowest BCUT2D eigenvalue weighted by molar-refractivity contribution is -0.285. The molecule has 3 rings (SSSR count). The molecule has 1 aromatic rings. The highest BCUT2D eigenvalue weighted by Gasteiger charge is 2.56. The normalized spacial score (nSPS) is 38.6. The highest BCUT2D eigenvalue weighted by Crippen LogP contribution is 2.44. The fourth-order valence-electron chi connectivity index (χ4n) is 3.47. The van der Waals surface area contributed by atoms with Crippen LogP contribution in [0.15, 0.2) is 30.3 Å². The van der Waals surface area contributed by atoms with Crippen molar-refractivity contribution in [3.63, 3.8) is 0 Å². The molecule has 0 bridgehead atoms. The number of rotatable bonds is 6. The summed E-state index contributed by atoms with van der Waals surface area (Å²) in [6.45, 7) is 11.0. The first kappa shape index (κ1) is 19.0. The van der Waals surface area contributed by atoms with Crippen molar-refractivity contribution in [2.45, 2.75) is 69.6 Å². The zero-order chi connectivity index (χ0) is 18.3. The Labute approximate surface area is 151 Å². The van der Waals surface area contributed by atoms with Crippen molar-refractivity contribution >= 4 is 8.32 Å². The zero-order valence-corrected chi connectivity index (χ0v) is 16.8. The molecule has 0 aromatic heterocycles. The van der Waals surface area contributed by atoms with E-state index < -0.39 is 25.8 Å². The second-order valence-corrected chi connectivity index (χ2v) is 12.9. The summed E-state index contributed by atoms with van der Waals surface area (Å²) in [5.41, 5.74) is 0.0337. The number of aliphatic hydroxyl groups excluding tert-OH is 1. The molecular formula is C19H30O5Si. The Morgan fingerprint density at radius 3 is 2.40 bits per heavy atom. The van der Waals surface area contributed by atoms with E-state index in [9.17, 15) is 5.11 Å². The Hall–Kier alpha value is -0.763. The smallest absolute Gasteiger partial charge is 0.184 e. The molecule has 2 aliphatic heterocycles. The molecule has 1 aromatic carbocycles. The van der Waals surface area contributed by atoms with Crippen LogP contribution in [0.2, 0.25) is 19.6 Å². The Bertz CT molecular complexity index is 589. The van der Waals surface area contributed by atoms with Crippen molar-refractivity contribution in [2.75, 3.05) is 13.2 Å². The van der Waals surface area contributed by atoms with Crippen molar-refractivity contribution in [3.05, 3.63) is 35.9 Å². The maximum absolute atomic E-state index is 9.50. The minimum absolute atomic E-state index is 0.0124. The van der Waals surface area contributed by atoms with E-state index in [-0.39, 0.29) is 18.8 Å². The third-order valence-corrected chi connectivity index (χ3v) is 5.96. The maximum Gasteiger partial charge on any atom is 0.184 e. The van der Waals surface area contributed by atoms with Gasteiger partial charge in [0.05, 0.1) is 25.4 Å². The highest BCUT2D eigenvalue weighted by atomic mass is 28.4. The van der Waals surface area contributed by atoms with Gasteiger partial charge in [-0.1, -0.05) is 30.3 Å². The molecule has 2 heterocycles. The fourth-order valence-corrected chi connectivity index (χ4v) is 5.06. The largest absolute Gasteiger partial charge is 0.407 e. The van der Waals surface area contributed by atoms with Gasteiger partial charge >= 0.3 is 0 Å². The Morgan fingerprint density at radius 2 is 1.84 bits per heavy atom. The summed E-state index contributed by atoms with van der Waals surface area (Å²) in [5.74, 6) is 0. The van der Waals surface area contributed by atoms with Crippen LogP contribution < -0.4 is 0 Å². The average Bonchev–Trinajstić information content (AvgIpc) is 3.19. The number of ether oxygens (including phenoxy) is 3. The van der Waals surface area contributed by atoms with E-state index in [1.54, 1.807) is 0 Å². The predicted octanol–water partition coefficient (Wildman–Crippen LogP) is 3.25. The quantitative estimate of drug-likeness (QED) is 0.619. The molecule has 0 unspecified atom stereocenters. The van der Waals surface area contributed by atoms with Crippen molar-refractivity contribution in [3.8, 4) is 0 Å². The van der Waals surface area contributed by atoms with Gasteiger partial charge in [0, 0.05) is 12.0 Å². The van der Waals surface area contributed by atoms with Crippen LogP contribution in [0.4, 0.5) is 0 Å². The molecule has 2 aliphatic rings. The van der Waals surface area contributed by atoms with E-state index in [0.717, 1.165) is 5.56 Å². The molecule has 25 heavy (non-hydrogen) atoms. The SMILES string of the molecule is C[C@@]1(O[Si](C)(C)C)CO[C@@H](c2ccccc2)O[C@H]1C[C@H]1O[C@]1(C)CO. The Kier molecular flexibility index (Phi) is 5.14. The monoisotopic (exact) mass is 366 g/mol. The van der Waals surface area contributed by atoms with Crippen LogP contribution in [0.1, 0.15) is 32.1 Å². The lowest BCUT2D eigenvalue weighted by atomic mass is 9.92. The number of hydrogen-bond acceptors (Lipinski definition) is 5. The number of benzene rings is 1. The Balaban J connectivity index is 1.77. The lowest BCUT2D eigenvalue weighted by Crippen LogP contribution is -2.57. The number of hydrogen-bond donors (Lipinski definition) is 1. The molecule has 6 heteroatoms. The molecule has 0 saturated carbocycles. The lowest BCUT2D eigenvalue weighted by Gasteiger charge is -2.47. The number of aliphatic hydroxyl groups is 1. The maximum atomic E-state index is 9.50. The van der Waals surface area contributed by atoms with Crippen LogP contribution >= 0.6 is 0 Å². The van der Waals surface area contributed by atoms with Gasteiger partial charge in [-0.05, 0) is 33.5 Å². The second-order valence-electron chi connectivity index (χ2n) is 8.52. The van der Waals surface area contributed by atoms with E-state index in [1.165, 1.54) is 0 Å². The summed E-state index contributed by atoms with van der Waals surface area (Å²) >= 11 is 0.